The van der Waals surface area contributed by atoms with Gasteiger partial charge in [0.2, 0.25) is 0 Å². The van der Waals surface area contributed by atoms with E-state index in [2.05, 4.69) is 43.0 Å². The van der Waals surface area contributed by atoms with Crippen LogP contribution in [-0.2, 0) is 6.42 Å². The number of nitrogens with two attached hydrogens (primary N) is 1. The molecular formula is C20H32N2. The van der Waals surface area contributed by atoms with Crippen molar-refractivity contribution in [2.45, 2.75) is 64.5 Å². The molecule has 3 unspecified atom stereocenters. The Hall–Kier alpha value is -0.860. The Morgan fingerprint density at radius 2 is 1.91 bits per heavy atom. The third-order valence-electron chi connectivity index (χ3n) is 5.82. The van der Waals surface area contributed by atoms with E-state index in [0.717, 1.165) is 24.4 Å². The van der Waals surface area contributed by atoms with Crippen molar-refractivity contribution >= 4 is 0 Å². The first-order valence-corrected chi connectivity index (χ1v) is 9.21. The van der Waals surface area contributed by atoms with Crippen molar-refractivity contribution in [2.24, 2.45) is 17.6 Å². The van der Waals surface area contributed by atoms with Gasteiger partial charge in [-0.1, -0.05) is 43.2 Å². The molecule has 2 nitrogen and oxygen atoms in total. The summed E-state index contributed by atoms with van der Waals surface area (Å²) in [6.45, 7) is 6.88. The van der Waals surface area contributed by atoms with Crippen LogP contribution in [0.3, 0.4) is 0 Å². The second kappa shape index (κ2) is 7.14. The molecule has 0 aromatic heterocycles. The van der Waals surface area contributed by atoms with Gasteiger partial charge in [-0.25, -0.2) is 0 Å². The zero-order chi connectivity index (χ0) is 15.5. The van der Waals surface area contributed by atoms with Crippen LogP contribution in [0.25, 0.3) is 0 Å². The van der Waals surface area contributed by atoms with Crippen molar-refractivity contribution in [3.05, 3.63) is 35.4 Å². The molecule has 2 N–H and O–H groups in total. The zero-order valence-electron chi connectivity index (χ0n) is 14.3. The lowest BCUT2D eigenvalue weighted by Crippen LogP contribution is -2.54. The molecule has 3 atom stereocenters. The summed E-state index contributed by atoms with van der Waals surface area (Å²) < 4.78 is 0. The number of hydrogen-bond donors (Lipinski definition) is 1. The predicted octanol–water partition coefficient (Wildman–Crippen LogP) is 3.77. The summed E-state index contributed by atoms with van der Waals surface area (Å²) in [6.07, 6.45) is 7.97. The number of aryl methyl sites for hydroxylation is 1. The Morgan fingerprint density at radius 3 is 2.50 bits per heavy atom. The molecule has 22 heavy (non-hydrogen) atoms. The molecule has 2 fully saturated rings. The highest BCUT2D eigenvalue weighted by Gasteiger charge is 2.35. The average Bonchev–Trinajstić information content (AvgIpc) is 2.44. The number of likely N-dealkylation sites (tertiary alicyclic amines) is 1. The fourth-order valence-corrected chi connectivity index (χ4v) is 4.48. The molecule has 0 spiro atoms. The lowest BCUT2D eigenvalue weighted by Gasteiger charge is -2.46. The Balaban J connectivity index is 1.63. The summed E-state index contributed by atoms with van der Waals surface area (Å²) in [5.41, 5.74) is 9.23. The third kappa shape index (κ3) is 3.72. The molecular weight excluding hydrogens is 268 g/mol. The van der Waals surface area contributed by atoms with Crippen molar-refractivity contribution < 1.29 is 0 Å². The summed E-state index contributed by atoms with van der Waals surface area (Å²) in [6, 6.07) is 10.2. The van der Waals surface area contributed by atoms with Gasteiger partial charge in [-0.2, -0.15) is 0 Å². The van der Waals surface area contributed by atoms with Crippen molar-refractivity contribution in [3.8, 4) is 0 Å². The van der Waals surface area contributed by atoms with E-state index in [1.807, 2.05) is 0 Å². The van der Waals surface area contributed by atoms with Crippen molar-refractivity contribution in [1.82, 2.24) is 4.90 Å². The van der Waals surface area contributed by atoms with E-state index in [-0.39, 0.29) is 0 Å². The maximum Gasteiger partial charge on any atom is 0.0171 e. The van der Waals surface area contributed by atoms with Crippen LogP contribution in [0.4, 0.5) is 0 Å². The van der Waals surface area contributed by atoms with Crippen LogP contribution in [0.2, 0.25) is 0 Å². The smallest absolute Gasteiger partial charge is 0.0171 e. The van der Waals surface area contributed by atoms with Crippen LogP contribution in [0.5, 0.6) is 0 Å². The number of hydrogen-bond acceptors (Lipinski definition) is 2. The van der Waals surface area contributed by atoms with Gasteiger partial charge in [0.05, 0.1) is 0 Å². The fraction of sp³-hybridized carbons (Fsp3) is 0.700. The monoisotopic (exact) mass is 300 g/mol. The molecule has 3 rings (SSSR count). The molecule has 0 radical (unpaired) electrons. The maximum absolute atomic E-state index is 6.40. The molecule has 2 heteroatoms. The first-order chi connectivity index (χ1) is 10.7. The second-order valence-electron chi connectivity index (χ2n) is 7.67. The first-order valence-electron chi connectivity index (χ1n) is 9.21. The van der Waals surface area contributed by atoms with E-state index >= 15 is 0 Å². The van der Waals surface area contributed by atoms with Gasteiger partial charge < -0.3 is 5.73 Å². The van der Waals surface area contributed by atoms with E-state index in [1.54, 1.807) is 0 Å². The van der Waals surface area contributed by atoms with Crippen LogP contribution < -0.4 is 5.73 Å². The molecule has 1 saturated carbocycles. The largest absolute Gasteiger partial charge is 0.327 e. The van der Waals surface area contributed by atoms with E-state index in [1.165, 1.54) is 56.2 Å². The highest BCUT2D eigenvalue weighted by Crippen LogP contribution is 2.35. The molecule has 1 saturated heterocycles. The van der Waals surface area contributed by atoms with Gasteiger partial charge in [0.1, 0.15) is 0 Å². The van der Waals surface area contributed by atoms with Crippen molar-refractivity contribution in [3.63, 3.8) is 0 Å². The van der Waals surface area contributed by atoms with Crippen molar-refractivity contribution in [1.29, 1.82) is 0 Å². The molecule has 1 aliphatic heterocycles. The second-order valence-corrected chi connectivity index (χ2v) is 7.67. The predicted molar refractivity (Wildman–Crippen MR) is 94.0 cm³/mol. The highest BCUT2D eigenvalue weighted by molar-refractivity contribution is 5.21. The van der Waals surface area contributed by atoms with Gasteiger partial charge in [0.15, 0.2) is 0 Å². The van der Waals surface area contributed by atoms with E-state index < -0.39 is 0 Å². The molecule has 0 amide bonds. The molecule has 1 heterocycles. The minimum atomic E-state index is 0.360. The summed E-state index contributed by atoms with van der Waals surface area (Å²) in [4.78, 5) is 2.73. The van der Waals surface area contributed by atoms with Gasteiger partial charge >= 0.3 is 0 Å². The summed E-state index contributed by atoms with van der Waals surface area (Å²) in [5, 5.41) is 0. The Labute approximate surface area is 136 Å². The molecule has 1 aliphatic carbocycles. The Morgan fingerprint density at radius 1 is 1.18 bits per heavy atom. The normalized spacial score (nSPS) is 28.3. The summed E-state index contributed by atoms with van der Waals surface area (Å²) in [5.74, 6) is 1.66. The lowest BCUT2D eigenvalue weighted by molar-refractivity contribution is 0.0466. The van der Waals surface area contributed by atoms with E-state index in [9.17, 15) is 0 Å². The van der Waals surface area contributed by atoms with Crippen LogP contribution in [-0.4, -0.2) is 30.1 Å². The first kappa shape index (κ1) is 16.0. The maximum atomic E-state index is 6.40. The minimum absolute atomic E-state index is 0.360. The number of benzene rings is 1. The number of piperidine rings is 1. The fourth-order valence-electron chi connectivity index (χ4n) is 4.48. The number of rotatable bonds is 5. The Bertz CT molecular complexity index is 463. The minimum Gasteiger partial charge on any atom is -0.327 e. The lowest BCUT2D eigenvalue weighted by atomic mass is 9.76. The molecule has 1 aromatic rings. The van der Waals surface area contributed by atoms with E-state index in [4.69, 9.17) is 5.73 Å². The van der Waals surface area contributed by atoms with Crippen molar-refractivity contribution in [2.75, 3.05) is 13.1 Å². The van der Waals surface area contributed by atoms with Gasteiger partial charge in [-0.05, 0) is 56.4 Å². The molecule has 0 bridgehead atoms. The third-order valence-corrected chi connectivity index (χ3v) is 5.82. The number of nitrogens with zero attached hydrogens (tertiary/aromatic N) is 1. The van der Waals surface area contributed by atoms with Gasteiger partial charge in [-0.3, -0.25) is 4.90 Å². The molecule has 1 aromatic carbocycles. The SMILES string of the molecule is CCC(C1CCC1)N1CC(N)CC(Cc2ccc(C)cc2)C1. The van der Waals surface area contributed by atoms with Crippen LogP contribution >= 0.6 is 0 Å². The van der Waals surface area contributed by atoms with E-state index in [0.29, 0.717) is 6.04 Å². The summed E-state index contributed by atoms with van der Waals surface area (Å²) >= 11 is 0. The Kier molecular flexibility index (Phi) is 5.20. The van der Waals surface area contributed by atoms with Crippen LogP contribution in [0, 0.1) is 18.8 Å². The summed E-state index contributed by atoms with van der Waals surface area (Å²) in [7, 11) is 0. The average molecular weight is 300 g/mol. The highest BCUT2D eigenvalue weighted by atomic mass is 15.2. The van der Waals surface area contributed by atoms with Crippen LogP contribution in [0.15, 0.2) is 24.3 Å². The molecule has 2 aliphatic rings. The van der Waals surface area contributed by atoms with Crippen LogP contribution in [0.1, 0.15) is 50.2 Å². The standard InChI is InChI=1S/C20H32N2/c1-3-20(18-5-4-6-18)22-13-17(12-19(21)14-22)11-16-9-7-15(2)8-10-16/h7-10,17-20H,3-6,11-14,21H2,1-2H3. The topological polar surface area (TPSA) is 29.3 Å². The van der Waals surface area contributed by atoms with Gasteiger partial charge in [0.25, 0.3) is 0 Å². The van der Waals surface area contributed by atoms with Gasteiger partial charge in [0, 0.05) is 25.2 Å². The quantitative estimate of drug-likeness (QED) is 0.897. The van der Waals surface area contributed by atoms with Gasteiger partial charge in [-0.15, -0.1) is 0 Å². The zero-order valence-corrected chi connectivity index (χ0v) is 14.3. The molecule has 122 valence electrons.